The molecular formula is C12H24N2O. The van der Waals surface area contributed by atoms with Gasteiger partial charge in [-0.3, -0.25) is 4.79 Å². The van der Waals surface area contributed by atoms with Crippen LogP contribution < -0.4 is 11.1 Å². The smallest absolute Gasteiger partial charge is 0.220 e. The predicted octanol–water partition coefficient (Wildman–Crippen LogP) is 1.67. The van der Waals surface area contributed by atoms with Crippen molar-refractivity contribution >= 4 is 5.91 Å². The van der Waals surface area contributed by atoms with Crippen molar-refractivity contribution in [2.24, 2.45) is 17.6 Å². The standard InChI is InChI=1S/C12H24N2O/c1-10(9-13)5-6-12(15)14-8-7-11-3-2-4-11/h10-11H,2-9,13H2,1H3,(H,14,15). The third-order valence-corrected chi connectivity index (χ3v) is 3.37. The lowest BCUT2D eigenvalue weighted by Gasteiger charge is -2.25. The molecule has 15 heavy (non-hydrogen) atoms. The van der Waals surface area contributed by atoms with Crippen molar-refractivity contribution in [1.82, 2.24) is 5.32 Å². The van der Waals surface area contributed by atoms with Gasteiger partial charge in [0.2, 0.25) is 5.91 Å². The monoisotopic (exact) mass is 212 g/mol. The molecule has 1 unspecified atom stereocenters. The van der Waals surface area contributed by atoms with Crippen LogP contribution in [0, 0.1) is 11.8 Å². The molecule has 0 radical (unpaired) electrons. The Kier molecular flexibility index (Phi) is 5.69. The average molecular weight is 212 g/mol. The first kappa shape index (κ1) is 12.5. The Balaban J connectivity index is 1.93. The summed E-state index contributed by atoms with van der Waals surface area (Å²) in [5.74, 6) is 1.53. The normalized spacial score (nSPS) is 18.3. The predicted molar refractivity (Wildman–Crippen MR) is 62.4 cm³/mol. The van der Waals surface area contributed by atoms with E-state index in [0.717, 1.165) is 25.3 Å². The van der Waals surface area contributed by atoms with Crippen molar-refractivity contribution in [3.05, 3.63) is 0 Å². The fraction of sp³-hybridized carbons (Fsp3) is 0.917. The van der Waals surface area contributed by atoms with Gasteiger partial charge >= 0.3 is 0 Å². The molecule has 0 heterocycles. The quantitative estimate of drug-likeness (QED) is 0.674. The first-order valence-corrected chi connectivity index (χ1v) is 6.19. The van der Waals surface area contributed by atoms with Crippen molar-refractivity contribution in [3.8, 4) is 0 Å². The molecule has 1 fully saturated rings. The zero-order valence-electron chi connectivity index (χ0n) is 9.80. The van der Waals surface area contributed by atoms with E-state index in [1.807, 2.05) is 0 Å². The number of carbonyl (C=O) groups is 1. The maximum absolute atomic E-state index is 11.4. The summed E-state index contributed by atoms with van der Waals surface area (Å²) >= 11 is 0. The number of amides is 1. The topological polar surface area (TPSA) is 55.1 Å². The van der Waals surface area contributed by atoms with E-state index in [4.69, 9.17) is 5.73 Å². The first-order chi connectivity index (χ1) is 7.22. The van der Waals surface area contributed by atoms with Gasteiger partial charge in [-0.15, -0.1) is 0 Å². The maximum atomic E-state index is 11.4. The lowest BCUT2D eigenvalue weighted by Crippen LogP contribution is -2.27. The number of carbonyl (C=O) groups excluding carboxylic acids is 1. The summed E-state index contributed by atoms with van der Waals surface area (Å²) in [6.45, 7) is 3.62. The molecule has 0 spiro atoms. The summed E-state index contributed by atoms with van der Waals surface area (Å²) in [4.78, 5) is 11.4. The SMILES string of the molecule is CC(CN)CCC(=O)NCCC1CCC1. The molecule has 88 valence electrons. The van der Waals surface area contributed by atoms with Crippen LogP contribution in [0.3, 0.4) is 0 Å². The van der Waals surface area contributed by atoms with E-state index in [-0.39, 0.29) is 5.91 Å². The van der Waals surface area contributed by atoms with E-state index < -0.39 is 0 Å². The number of hydrogen-bond donors (Lipinski definition) is 2. The Morgan fingerprint density at radius 1 is 1.53 bits per heavy atom. The van der Waals surface area contributed by atoms with E-state index in [1.54, 1.807) is 0 Å². The highest BCUT2D eigenvalue weighted by Crippen LogP contribution is 2.28. The Labute approximate surface area is 92.8 Å². The van der Waals surface area contributed by atoms with E-state index in [9.17, 15) is 4.79 Å². The molecule has 0 aromatic carbocycles. The van der Waals surface area contributed by atoms with Gasteiger partial charge in [-0.05, 0) is 31.2 Å². The van der Waals surface area contributed by atoms with Gasteiger partial charge in [0.05, 0.1) is 0 Å². The van der Waals surface area contributed by atoms with Crippen LogP contribution in [0.2, 0.25) is 0 Å². The molecule has 1 rings (SSSR count). The molecular weight excluding hydrogens is 188 g/mol. The zero-order valence-corrected chi connectivity index (χ0v) is 9.80. The molecule has 0 saturated heterocycles. The molecule has 3 N–H and O–H groups in total. The zero-order chi connectivity index (χ0) is 11.1. The summed E-state index contributed by atoms with van der Waals surface area (Å²) in [6.07, 6.45) is 6.81. The Hall–Kier alpha value is -0.570. The van der Waals surface area contributed by atoms with Gasteiger partial charge in [-0.2, -0.15) is 0 Å². The van der Waals surface area contributed by atoms with Crippen molar-refractivity contribution in [3.63, 3.8) is 0 Å². The van der Waals surface area contributed by atoms with Gasteiger partial charge in [-0.1, -0.05) is 26.2 Å². The van der Waals surface area contributed by atoms with Gasteiger partial charge in [-0.25, -0.2) is 0 Å². The van der Waals surface area contributed by atoms with Crippen LogP contribution in [0.5, 0.6) is 0 Å². The minimum absolute atomic E-state index is 0.189. The van der Waals surface area contributed by atoms with E-state index >= 15 is 0 Å². The van der Waals surface area contributed by atoms with E-state index in [2.05, 4.69) is 12.2 Å². The van der Waals surface area contributed by atoms with Gasteiger partial charge in [0, 0.05) is 13.0 Å². The van der Waals surface area contributed by atoms with Gasteiger partial charge in [0.1, 0.15) is 0 Å². The van der Waals surface area contributed by atoms with Crippen LogP contribution in [0.15, 0.2) is 0 Å². The maximum Gasteiger partial charge on any atom is 0.220 e. The second-order valence-corrected chi connectivity index (χ2v) is 4.82. The molecule has 1 saturated carbocycles. The molecule has 0 aromatic rings. The molecule has 0 bridgehead atoms. The number of nitrogens with two attached hydrogens (primary N) is 1. The molecule has 3 nitrogen and oxygen atoms in total. The molecule has 0 aliphatic heterocycles. The molecule has 1 atom stereocenters. The Bertz CT molecular complexity index is 190. The van der Waals surface area contributed by atoms with Crippen molar-refractivity contribution in [1.29, 1.82) is 0 Å². The first-order valence-electron chi connectivity index (χ1n) is 6.19. The van der Waals surface area contributed by atoms with Crippen molar-refractivity contribution in [2.45, 2.75) is 45.4 Å². The summed E-state index contributed by atoms with van der Waals surface area (Å²) in [7, 11) is 0. The molecule has 1 aliphatic rings. The second-order valence-electron chi connectivity index (χ2n) is 4.82. The third-order valence-electron chi connectivity index (χ3n) is 3.37. The van der Waals surface area contributed by atoms with Crippen LogP contribution >= 0.6 is 0 Å². The number of rotatable bonds is 7. The highest BCUT2D eigenvalue weighted by atomic mass is 16.1. The van der Waals surface area contributed by atoms with Crippen LogP contribution in [0.4, 0.5) is 0 Å². The Morgan fingerprint density at radius 2 is 2.27 bits per heavy atom. The highest BCUT2D eigenvalue weighted by molar-refractivity contribution is 5.75. The fourth-order valence-corrected chi connectivity index (χ4v) is 1.78. The van der Waals surface area contributed by atoms with Crippen LogP contribution in [-0.4, -0.2) is 19.0 Å². The van der Waals surface area contributed by atoms with E-state index in [0.29, 0.717) is 18.9 Å². The van der Waals surface area contributed by atoms with Gasteiger partial charge in [0.15, 0.2) is 0 Å². The number of nitrogens with one attached hydrogen (secondary N) is 1. The molecule has 1 amide bonds. The highest BCUT2D eigenvalue weighted by Gasteiger charge is 2.16. The number of hydrogen-bond acceptors (Lipinski definition) is 2. The summed E-state index contributed by atoms with van der Waals surface area (Å²) in [6, 6.07) is 0. The average Bonchev–Trinajstić information content (AvgIpc) is 2.18. The minimum atomic E-state index is 0.189. The second kappa shape index (κ2) is 6.83. The summed E-state index contributed by atoms with van der Waals surface area (Å²) in [5.41, 5.74) is 5.49. The van der Waals surface area contributed by atoms with Crippen molar-refractivity contribution in [2.75, 3.05) is 13.1 Å². The van der Waals surface area contributed by atoms with Gasteiger partial charge in [0.25, 0.3) is 0 Å². The van der Waals surface area contributed by atoms with Crippen LogP contribution in [0.25, 0.3) is 0 Å². The fourth-order valence-electron chi connectivity index (χ4n) is 1.78. The van der Waals surface area contributed by atoms with Gasteiger partial charge < -0.3 is 11.1 Å². The lowest BCUT2D eigenvalue weighted by molar-refractivity contribution is -0.121. The minimum Gasteiger partial charge on any atom is -0.356 e. The van der Waals surface area contributed by atoms with Crippen LogP contribution in [-0.2, 0) is 4.79 Å². The molecule has 3 heteroatoms. The summed E-state index contributed by atoms with van der Waals surface area (Å²) in [5, 5.41) is 2.98. The van der Waals surface area contributed by atoms with Crippen molar-refractivity contribution < 1.29 is 4.79 Å². The van der Waals surface area contributed by atoms with Crippen LogP contribution in [0.1, 0.15) is 45.4 Å². The molecule has 0 aromatic heterocycles. The lowest BCUT2D eigenvalue weighted by atomic mass is 9.83. The van der Waals surface area contributed by atoms with E-state index in [1.165, 1.54) is 19.3 Å². The molecule has 1 aliphatic carbocycles. The third kappa shape index (κ3) is 5.17. The largest absolute Gasteiger partial charge is 0.356 e. The Morgan fingerprint density at radius 3 is 2.80 bits per heavy atom. The summed E-state index contributed by atoms with van der Waals surface area (Å²) < 4.78 is 0.